The van der Waals surface area contributed by atoms with Crippen LogP contribution in [0.4, 0.5) is 0 Å². The fraction of sp³-hybridized carbons (Fsp3) is 0.800. The van der Waals surface area contributed by atoms with Crippen LogP contribution in [0.3, 0.4) is 0 Å². The molecule has 0 aliphatic rings. The average Bonchev–Trinajstić information content (AvgIpc) is 2.56. The van der Waals surface area contributed by atoms with Gasteiger partial charge in [0.15, 0.2) is 0 Å². The summed E-state index contributed by atoms with van der Waals surface area (Å²) in [7, 11) is 0. The molecule has 9 heteroatoms. The minimum Gasteiger partial charge on any atom is -0.480 e. The van der Waals surface area contributed by atoms with Gasteiger partial charge in [0, 0.05) is 0 Å². The normalized spacial score (nSPS) is 15.6. The van der Waals surface area contributed by atoms with Gasteiger partial charge in [0.05, 0.1) is 6.04 Å². The lowest BCUT2D eigenvalue weighted by molar-refractivity contribution is -0.142. The van der Waals surface area contributed by atoms with Gasteiger partial charge in [-0.1, -0.05) is 41.5 Å². The van der Waals surface area contributed by atoms with Gasteiger partial charge in [-0.3, -0.25) is 19.2 Å². The first-order valence-electron chi connectivity index (χ1n) is 10.2. The summed E-state index contributed by atoms with van der Waals surface area (Å²) in [5, 5.41) is 16.7. The van der Waals surface area contributed by atoms with Crippen molar-refractivity contribution in [3.8, 4) is 0 Å². The lowest BCUT2D eigenvalue weighted by atomic mass is 9.98. The van der Waals surface area contributed by atoms with Crippen molar-refractivity contribution in [2.24, 2.45) is 23.5 Å². The second-order valence-corrected chi connectivity index (χ2v) is 8.73. The molecule has 0 fully saturated rings. The van der Waals surface area contributed by atoms with Gasteiger partial charge in [0.2, 0.25) is 17.7 Å². The van der Waals surface area contributed by atoms with Crippen LogP contribution >= 0.6 is 0 Å². The molecule has 0 rings (SSSR count). The first-order chi connectivity index (χ1) is 13.3. The first kappa shape index (κ1) is 26.8. The van der Waals surface area contributed by atoms with Gasteiger partial charge in [-0.2, -0.15) is 0 Å². The topological polar surface area (TPSA) is 151 Å². The number of carbonyl (C=O) groups excluding carboxylic acids is 3. The smallest absolute Gasteiger partial charge is 0.325 e. The molecule has 168 valence electrons. The highest BCUT2D eigenvalue weighted by Crippen LogP contribution is 2.10. The van der Waals surface area contributed by atoms with E-state index in [1.165, 1.54) is 6.92 Å². The molecule has 4 unspecified atom stereocenters. The Hall–Kier alpha value is -2.16. The van der Waals surface area contributed by atoms with Crippen molar-refractivity contribution in [2.75, 3.05) is 0 Å². The Kier molecular flexibility index (Phi) is 11.5. The van der Waals surface area contributed by atoms with Crippen molar-refractivity contribution in [2.45, 2.75) is 85.5 Å². The number of nitrogens with one attached hydrogen (secondary N) is 3. The molecule has 0 aromatic rings. The van der Waals surface area contributed by atoms with Gasteiger partial charge >= 0.3 is 5.97 Å². The monoisotopic (exact) mass is 414 g/mol. The van der Waals surface area contributed by atoms with Crippen LogP contribution in [0.25, 0.3) is 0 Å². The van der Waals surface area contributed by atoms with Gasteiger partial charge in [-0.15, -0.1) is 0 Å². The van der Waals surface area contributed by atoms with E-state index in [1.54, 1.807) is 13.8 Å². The molecule has 6 N–H and O–H groups in total. The first-order valence-corrected chi connectivity index (χ1v) is 10.2. The predicted octanol–water partition coefficient (Wildman–Crippen LogP) is 0.621. The van der Waals surface area contributed by atoms with Gasteiger partial charge in [0.25, 0.3) is 0 Å². The molecule has 0 saturated carbocycles. The van der Waals surface area contributed by atoms with E-state index in [2.05, 4.69) is 16.0 Å². The van der Waals surface area contributed by atoms with E-state index in [0.29, 0.717) is 12.8 Å². The number of carboxylic acid groups (broad SMARTS) is 1. The number of nitrogens with two attached hydrogens (primary N) is 1. The van der Waals surface area contributed by atoms with E-state index in [-0.39, 0.29) is 17.8 Å². The molecular weight excluding hydrogens is 376 g/mol. The van der Waals surface area contributed by atoms with Crippen molar-refractivity contribution in [1.29, 1.82) is 0 Å². The van der Waals surface area contributed by atoms with Crippen LogP contribution in [0.5, 0.6) is 0 Å². The standard InChI is InChI=1S/C20H38N4O5/c1-10(2)8-14(21)17(25)23-15(9-11(3)4)18(26)24-16(12(5)6)19(27)22-13(7)20(28)29/h10-16H,8-9,21H2,1-7H3,(H,22,27)(H,23,25)(H,24,26)(H,28,29). The molecule has 0 spiro atoms. The zero-order valence-corrected chi connectivity index (χ0v) is 18.6. The van der Waals surface area contributed by atoms with Crippen molar-refractivity contribution < 1.29 is 24.3 Å². The summed E-state index contributed by atoms with van der Waals surface area (Å²) in [5.41, 5.74) is 5.91. The molecule has 0 bridgehead atoms. The summed E-state index contributed by atoms with van der Waals surface area (Å²) in [6.07, 6.45) is 0.871. The summed E-state index contributed by atoms with van der Waals surface area (Å²) in [6.45, 7) is 12.6. The van der Waals surface area contributed by atoms with Crippen LogP contribution in [0.1, 0.15) is 61.3 Å². The maximum Gasteiger partial charge on any atom is 0.325 e. The van der Waals surface area contributed by atoms with Crippen LogP contribution in [0.15, 0.2) is 0 Å². The third-order valence-electron chi connectivity index (χ3n) is 4.38. The molecule has 0 saturated heterocycles. The summed E-state index contributed by atoms with van der Waals surface area (Å²) in [4.78, 5) is 48.6. The Morgan fingerprint density at radius 2 is 1.28 bits per heavy atom. The Morgan fingerprint density at radius 3 is 1.69 bits per heavy atom. The fourth-order valence-electron chi connectivity index (χ4n) is 2.75. The maximum atomic E-state index is 12.8. The number of amides is 3. The Bertz CT molecular complexity index is 577. The highest BCUT2D eigenvalue weighted by Gasteiger charge is 2.31. The SMILES string of the molecule is CC(C)CC(N)C(=O)NC(CC(C)C)C(=O)NC(C(=O)NC(C)C(=O)O)C(C)C. The van der Waals surface area contributed by atoms with Gasteiger partial charge in [-0.05, 0) is 37.5 Å². The number of carboxylic acids is 1. The zero-order valence-electron chi connectivity index (χ0n) is 18.6. The quantitative estimate of drug-likeness (QED) is 0.316. The number of aliphatic carboxylic acids is 1. The number of rotatable bonds is 12. The number of carbonyl (C=O) groups is 4. The van der Waals surface area contributed by atoms with Crippen molar-refractivity contribution in [1.82, 2.24) is 16.0 Å². The molecule has 0 aliphatic heterocycles. The molecule has 4 atom stereocenters. The second kappa shape index (κ2) is 12.4. The van der Waals surface area contributed by atoms with E-state index < -0.39 is 47.9 Å². The van der Waals surface area contributed by atoms with Gasteiger partial charge in [-0.25, -0.2) is 0 Å². The van der Waals surface area contributed by atoms with Crippen LogP contribution in [-0.4, -0.2) is 53.0 Å². The maximum absolute atomic E-state index is 12.8. The third-order valence-corrected chi connectivity index (χ3v) is 4.38. The summed E-state index contributed by atoms with van der Waals surface area (Å²) in [6, 6.07) is -3.58. The van der Waals surface area contributed by atoms with Crippen LogP contribution < -0.4 is 21.7 Å². The zero-order chi connectivity index (χ0) is 22.9. The summed E-state index contributed by atoms with van der Waals surface area (Å²) in [5.74, 6) is -2.60. The minimum atomic E-state index is -1.17. The number of hydrogen-bond donors (Lipinski definition) is 5. The summed E-state index contributed by atoms with van der Waals surface area (Å²) >= 11 is 0. The van der Waals surface area contributed by atoms with Gasteiger partial charge < -0.3 is 26.8 Å². The minimum absolute atomic E-state index is 0.116. The summed E-state index contributed by atoms with van der Waals surface area (Å²) < 4.78 is 0. The fourth-order valence-corrected chi connectivity index (χ4v) is 2.75. The lowest BCUT2D eigenvalue weighted by Gasteiger charge is -2.27. The largest absolute Gasteiger partial charge is 0.480 e. The number of hydrogen-bond acceptors (Lipinski definition) is 5. The van der Waals surface area contributed by atoms with Crippen molar-refractivity contribution in [3.63, 3.8) is 0 Å². The van der Waals surface area contributed by atoms with Crippen LogP contribution in [0, 0.1) is 17.8 Å². The molecule has 9 nitrogen and oxygen atoms in total. The van der Waals surface area contributed by atoms with Crippen LogP contribution in [0.2, 0.25) is 0 Å². The highest BCUT2D eigenvalue weighted by atomic mass is 16.4. The third kappa shape index (κ3) is 10.3. The van der Waals surface area contributed by atoms with E-state index in [0.717, 1.165) is 0 Å². The Morgan fingerprint density at radius 1 is 0.759 bits per heavy atom. The lowest BCUT2D eigenvalue weighted by Crippen LogP contribution is -2.58. The molecule has 0 aromatic heterocycles. The van der Waals surface area contributed by atoms with Crippen molar-refractivity contribution >= 4 is 23.7 Å². The van der Waals surface area contributed by atoms with Crippen molar-refractivity contribution in [3.05, 3.63) is 0 Å². The van der Waals surface area contributed by atoms with E-state index in [1.807, 2.05) is 27.7 Å². The predicted molar refractivity (Wildman–Crippen MR) is 111 cm³/mol. The molecule has 0 heterocycles. The van der Waals surface area contributed by atoms with E-state index in [4.69, 9.17) is 10.8 Å². The molecule has 0 aliphatic carbocycles. The van der Waals surface area contributed by atoms with E-state index >= 15 is 0 Å². The highest BCUT2D eigenvalue weighted by molar-refractivity contribution is 5.94. The second-order valence-electron chi connectivity index (χ2n) is 8.73. The molecular formula is C20H38N4O5. The molecule has 29 heavy (non-hydrogen) atoms. The Labute approximate surface area is 173 Å². The Balaban J connectivity index is 5.27. The van der Waals surface area contributed by atoms with Crippen LogP contribution in [-0.2, 0) is 19.2 Å². The molecule has 0 radical (unpaired) electrons. The van der Waals surface area contributed by atoms with Gasteiger partial charge in [0.1, 0.15) is 18.1 Å². The average molecular weight is 415 g/mol. The molecule has 0 aromatic carbocycles. The molecule has 3 amide bonds. The van der Waals surface area contributed by atoms with E-state index in [9.17, 15) is 19.2 Å².